The highest BCUT2D eigenvalue weighted by Crippen LogP contribution is 2.36. The molecule has 0 amide bonds. The van der Waals surface area contributed by atoms with Gasteiger partial charge < -0.3 is 20.1 Å². The summed E-state index contributed by atoms with van der Waals surface area (Å²) in [6.45, 7) is 0.741. The monoisotopic (exact) mass is 421 g/mol. The summed E-state index contributed by atoms with van der Waals surface area (Å²) in [4.78, 5) is 6.07. The lowest BCUT2D eigenvalue weighted by Crippen LogP contribution is -2.20. The van der Waals surface area contributed by atoms with Crippen LogP contribution < -0.4 is 10.2 Å². The number of aliphatic hydroxyl groups is 1. The van der Waals surface area contributed by atoms with Crippen molar-refractivity contribution in [3.05, 3.63) is 83.4 Å². The van der Waals surface area contributed by atoms with Crippen molar-refractivity contribution >= 4 is 17.1 Å². The lowest BCUT2D eigenvalue weighted by molar-refractivity contribution is -0.0764. The van der Waals surface area contributed by atoms with E-state index in [1.54, 1.807) is 30.6 Å². The van der Waals surface area contributed by atoms with Crippen LogP contribution >= 0.6 is 0 Å². The normalized spacial score (nSPS) is 16.5. The molecule has 4 rings (SSSR count). The number of fused-ring (bicyclic) bond motifs is 1. The third-order valence-corrected chi connectivity index (χ3v) is 6.05. The van der Waals surface area contributed by atoms with Crippen molar-refractivity contribution in [1.82, 2.24) is 4.98 Å². The van der Waals surface area contributed by atoms with E-state index in [9.17, 15) is 9.50 Å². The molecule has 1 heterocycles. The van der Waals surface area contributed by atoms with Crippen molar-refractivity contribution in [2.45, 2.75) is 31.5 Å². The molecular weight excluding hydrogens is 393 g/mol. The quantitative estimate of drug-likeness (QED) is 0.516. The largest absolute Gasteiger partial charge is 0.383 e. The van der Waals surface area contributed by atoms with Gasteiger partial charge in [-0.25, -0.2) is 4.39 Å². The Hall–Kier alpha value is -2.96. The van der Waals surface area contributed by atoms with Crippen molar-refractivity contribution in [2.24, 2.45) is 0 Å². The molecule has 0 saturated carbocycles. The van der Waals surface area contributed by atoms with Gasteiger partial charge in [0.05, 0.1) is 17.6 Å². The number of nitrogens with zero attached hydrogens (tertiary/aromatic N) is 2. The Labute approximate surface area is 182 Å². The molecule has 31 heavy (non-hydrogen) atoms. The van der Waals surface area contributed by atoms with Crippen LogP contribution in [0, 0.1) is 5.82 Å². The Bertz CT molecular complexity index is 1040. The fraction of sp³-hybridized carbons (Fsp3) is 0.320. The molecule has 5 nitrogen and oxygen atoms in total. The topological polar surface area (TPSA) is 57.6 Å². The van der Waals surface area contributed by atoms with Gasteiger partial charge in [-0.15, -0.1) is 0 Å². The number of aromatic nitrogens is 1. The lowest BCUT2D eigenvalue weighted by Gasteiger charge is -2.29. The average Bonchev–Trinajstić information content (AvgIpc) is 2.82. The standard InChI is InChI=1S/C25H28FN3O2/c1-29(24-9-4-3-8-22(24)26)19-10-11-20-17(14-19)6-5-7-18(20)15-28-23-16-27-13-12-21(23)25(30)31-2/h3-4,8-14,16,18,25,28,30H,5-7,15H2,1-2H3/t18-,25?/m0/s1. The number of hydrogen-bond acceptors (Lipinski definition) is 5. The fourth-order valence-corrected chi connectivity index (χ4v) is 4.31. The van der Waals surface area contributed by atoms with Crippen LogP contribution in [0.1, 0.15) is 41.7 Å². The van der Waals surface area contributed by atoms with Gasteiger partial charge in [-0.2, -0.15) is 0 Å². The first kappa shape index (κ1) is 21.3. The lowest BCUT2D eigenvalue weighted by atomic mass is 9.82. The second-order valence-corrected chi connectivity index (χ2v) is 7.91. The maximum absolute atomic E-state index is 14.2. The molecular formula is C25H28FN3O2. The fourth-order valence-electron chi connectivity index (χ4n) is 4.31. The summed E-state index contributed by atoms with van der Waals surface area (Å²) in [7, 11) is 3.37. The highest BCUT2D eigenvalue weighted by Gasteiger charge is 2.22. The number of benzene rings is 2. The zero-order valence-corrected chi connectivity index (χ0v) is 17.9. The molecule has 162 valence electrons. The number of pyridine rings is 1. The van der Waals surface area contributed by atoms with Crippen LogP contribution in [-0.4, -0.2) is 30.8 Å². The molecule has 2 atom stereocenters. The number of halogens is 1. The summed E-state index contributed by atoms with van der Waals surface area (Å²) < 4.78 is 19.3. The maximum atomic E-state index is 14.2. The average molecular weight is 422 g/mol. The molecule has 3 aromatic rings. The van der Waals surface area contributed by atoms with E-state index in [-0.39, 0.29) is 5.82 Å². The molecule has 2 N–H and O–H groups in total. The number of methoxy groups -OCH3 is 1. The summed E-state index contributed by atoms with van der Waals surface area (Å²) in [6, 6.07) is 15.0. The highest BCUT2D eigenvalue weighted by molar-refractivity contribution is 5.64. The molecule has 1 aromatic heterocycles. The Morgan fingerprint density at radius 1 is 1.26 bits per heavy atom. The van der Waals surface area contributed by atoms with Crippen molar-refractivity contribution < 1.29 is 14.2 Å². The van der Waals surface area contributed by atoms with Crippen LogP contribution in [0.25, 0.3) is 0 Å². The van der Waals surface area contributed by atoms with Gasteiger partial charge in [0.2, 0.25) is 0 Å². The van der Waals surface area contributed by atoms with Crippen molar-refractivity contribution in [1.29, 1.82) is 0 Å². The zero-order chi connectivity index (χ0) is 21.8. The Morgan fingerprint density at radius 2 is 2.10 bits per heavy atom. The minimum Gasteiger partial charge on any atom is -0.383 e. The Balaban J connectivity index is 1.52. The third-order valence-electron chi connectivity index (χ3n) is 6.05. The van der Waals surface area contributed by atoms with Gasteiger partial charge in [0.25, 0.3) is 0 Å². The molecule has 1 unspecified atom stereocenters. The van der Waals surface area contributed by atoms with E-state index in [0.717, 1.165) is 37.2 Å². The van der Waals surface area contributed by atoms with Crippen molar-refractivity contribution in [3.8, 4) is 0 Å². The van der Waals surface area contributed by atoms with E-state index >= 15 is 0 Å². The minimum atomic E-state index is -0.986. The predicted molar refractivity (Wildman–Crippen MR) is 121 cm³/mol. The van der Waals surface area contributed by atoms with E-state index in [2.05, 4.69) is 28.5 Å². The molecule has 0 radical (unpaired) electrons. The Morgan fingerprint density at radius 3 is 2.90 bits per heavy atom. The van der Waals surface area contributed by atoms with E-state index in [1.807, 2.05) is 18.0 Å². The summed E-state index contributed by atoms with van der Waals surface area (Å²) in [5.41, 5.74) is 5.63. The maximum Gasteiger partial charge on any atom is 0.182 e. The first-order chi connectivity index (χ1) is 15.1. The van der Waals surface area contributed by atoms with Gasteiger partial charge in [-0.05, 0) is 60.7 Å². The van der Waals surface area contributed by atoms with Gasteiger partial charge in [0, 0.05) is 44.1 Å². The van der Waals surface area contributed by atoms with Crippen molar-refractivity contribution in [3.63, 3.8) is 0 Å². The molecule has 0 fully saturated rings. The minimum absolute atomic E-state index is 0.227. The summed E-state index contributed by atoms with van der Waals surface area (Å²) in [5, 5.41) is 13.5. The van der Waals surface area contributed by atoms with Crippen LogP contribution in [0.4, 0.5) is 21.5 Å². The summed E-state index contributed by atoms with van der Waals surface area (Å²) >= 11 is 0. The SMILES string of the molecule is COC(O)c1ccncc1NC[C@@H]1CCCc2cc(N(C)c3ccccc3F)ccc21. The second-order valence-electron chi connectivity index (χ2n) is 7.91. The first-order valence-corrected chi connectivity index (χ1v) is 10.6. The zero-order valence-electron chi connectivity index (χ0n) is 17.9. The van der Waals surface area contributed by atoms with E-state index in [0.29, 0.717) is 17.2 Å². The molecule has 2 aromatic carbocycles. The third kappa shape index (κ3) is 4.55. The van der Waals surface area contributed by atoms with Crippen LogP contribution in [-0.2, 0) is 11.2 Å². The van der Waals surface area contributed by atoms with Gasteiger partial charge >= 0.3 is 0 Å². The number of aryl methyl sites for hydroxylation is 1. The van der Waals surface area contributed by atoms with Crippen LogP contribution in [0.5, 0.6) is 0 Å². The smallest absolute Gasteiger partial charge is 0.182 e. The number of hydrogen-bond donors (Lipinski definition) is 2. The van der Waals surface area contributed by atoms with Crippen LogP contribution in [0.2, 0.25) is 0 Å². The number of aliphatic hydroxyl groups excluding tert-OH is 1. The molecule has 0 aliphatic heterocycles. The number of anilines is 3. The summed E-state index contributed by atoms with van der Waals surface area (Å²) in [6.07, 6.45) is 5.59. The van der Waals surface area contributed by atoms with Gasteiger partial charge in [0.1, 0.15) is 5.82 Å². The van der Waals surface area contributed by atoms with E-state index < -0.39 is 6.29 Å². The Kier molecular flexibility index (Phi) is 6.49. The molecule has 0 saturated heterocycles. The first-order valence-electron chi connectivity index (χ1n) is 10.6. The molecule has 1 aliphatic rings. The molecule has 6 heteroatoms. The van der Waals surface area contributed by atoms with Gasteiger partial charge in [-0.1, -0.05) is 18.2 Å². The molecule has 0 spiro atoms. The predicted octanol–water partition coefficient (Wildman–Crippen LogP) is 5.16. The number of nitrogens with one attached hydrogen (secondary N) is 1. The van der Waals surface area contributed by atoms with E-state index in [1.165, 1.54) is 24.3 Å². The number of ether oxygens (including phenoxy) is 1. The van der Waals surface area contributed by atoms with Crippen molar-refractivity contribution in [2.75, 3.05) is 30.9 Å². The van der Waals surface area contributed by atoms with Gasteiger partial charge in [-0.3, -0.25) is 4.98 Å². The highest BCUT2D eigenvalue weighted by atomic mass is 19.1. The van der Waals surface area contributed by atoms with Crippen LogP contribution in [0.15, 0.2) is 60.9 Å². The number of para-hydroxylation sites is 1. The van der Waals surface area contributed by atoms with E-state index in [4.69, 9.17) is 4.74 Å². The number of rotatable bonds is 7. The van der Waals surface area contributed by atoms with Gasteiger partial charge in [0.15, 0.2) is 6.29 Å². The molecule has 1 aliphatic carbocycles. The molecule has 0 bridgehead atoms. The van der Waals surface area contributed by atoms with Crippen LogP contribution in [0.3, 0.4) is 0 Å². The second kappa shape index (κ2) is 9.45. The summed E-state index contributed by atoms with van der Waals surface area (Å²) in [5.74, 6) is 0.125.